The molecule has 1 aromatic carbocycles. The van der Waals surface area contributed by atoms with Gasteiger partial charge in [-0.25, -0.2) is 4.79 Å². The lowest BCUT2D eigenvalue weighted by Gasteiger charge is -2.39. The van der Waals surface area contributed by atoms with Gasteiger partial charge in [-0.1, -0.05) is 38.5 Å². The lowest BCUT2D eigenvalue weighted by atomic mass is 9.93. The van der Waals surface area contributed by atoms with Gasteiger partial charge in [0.25, 0.3) is 0 Å². The van der Waals surface area contributed by atoms with Gasteiger partial charge in [0.1, 0.15) is 17.7 Å². The van der Waals surface area contributed by atoms with Crippen LogP contribution in [-0.2, 0) is 19.1 Å². The van der Waals surface area contributed by atoms with Crippen molar-refractivity contribution < 1.29 is 23.9 Å². The Labute approximate surface area is 221 Å². The first kappa shape index (κ1) is 31.9. The summed E-state index contributed by atoms with van der Waals surface area (Å²) in [5.41, 5.74) is 7.20. The molecule has 0 heterocycles. The van der Waals surface area contributed by atoms with E-state index in [0.29, 0.717) is 12.0 Å². The number of carbonyl (C=O) groups is 4. The highest BCUT2D eigenvalue weighted by molar-refractivity contribution is 5.95. The SMILES string of the molecule is CCCC(C)NC(=O)C(c1cccc(C)c1C)N(C(=O)C(CC(N)=O)NC(=O)OC(C)(C)C)C(C)CC. The number of carbonyl (C=O) groups excluding carboxylic acids is 4. The molecule has 4 amide bonds. The minimum Gasteiger partial charge on any atom is -0.444 e. The number of amides is 4. The van der Waals surface area contributed by atoms with Crippen molar-refractivity contribution in [2.75, 3.05) is 0 Å². The lowest BCUT2D eigenvalue weighted by molar-refractivity contribution is -0.146. The molecule has 0 aliphatic rings. The van der Waals surface area contributed by atoms with Crippen molar-refractivity contribution in [3.05, 3.63) is 34.9 Å². The van der Waals surface area contributed by atoms with Crippen molar-refractivity contribution in [1.82, 2.24) is 15.5 Å². The number of aryl methyl sites for hydroxylation is 1. The molecule has 0 aliphatic carbocycles. The normalized spacial score (nSPS) is 14.6. The Morgan fingerprint density at radius 2 is 1.68 bits per heavy atom. The van der Waals surface area contributed by atoms with E-state index in [9.17, 15) is 19.2 Å². The van der Waals surface area contributed by atoms with E-state index >= 15 is 0 Å². The van der Waals surface area contributed by atoms with E-state index in [1.807, 2.05) is 59.7 Å². The first-order valence-corrected chi connectivity index (χ1v) is 13.1. The fourth-order valence-electron chi connectivity index (χ4n) is 4.14. The number of rotatable bonds is 12. The molecule has 9 nitrogen and oxygen atoms in total. The van der Waals surface area contributed by atoms with Crippen molar-refractivity contribution in [3.63, 3.8) is 0 Å². The molecule has 0 bridgehead atoms. The third kappa shape index (κ3) is 9.70. The van der Waals surface area contributed by atoms with E-state index in [1.54, 1.807) is 20.8 Å². The first-order chi connectivity index (χ1) is 17.1. The maximum absolute atomic E-state index is 14.1. The van der Waals surface area contributed by atoms with E-state index in [4.69, 9.17) is 10.5 Å². The molecule has 37 heavy (non-hydrogen) atoms. The van der Waals surface area contributed by atoms with Gasteiger partial charge in [0.15, 0.2) is 0 Å². The summed E-state index contributed by atoms with van der Waals surface area (Å²) in [5.74, 6) is -1.66. The highest BCUT2D eigenvalue weighted by Gasteiger charge is 2.40. The molecular formula is C28H46N4O5. The number of primary amides is 1. The third-order valence-corrected chi connectivity index (χ3v) is 6.29. The Hall–Kier alpha value is -3.10. The predicted molar refractivity (Wildman–Crippen MR) is 145 cm³/mol. The monoisotopic (exact) mass is 518 g/mol. The molecule has 4 N–H and O–H groups in total. The number of hydrogen-bond donors (Lipinski definition) is 3. The quantitative estimate of drug-likeness (QED) is 0.384. The van der Waals surface area contributed by atoms with Gasteiger partial charge < -0.3 is 26.0 Å². The molecule has 0 fully saturated rings. The summed E-state index contributed by atoms with van der Waals surface area (Å²) < 4.78 is 5.32. The first-order valence-electron chi connectivity index (χ1n) is 13.1. The van der Waals surface area contributed by atoms with Crippen LogP contribution in [0.4, 0.5) is 4.79 Å². The average molecular weight is 519 g/mol. The van der Waals surface area contributed by atoms with E-state index in [-0.39, 0.29) is 18.0 Å². The number of ether oxygens (including phenoxy) is 1. The minimum absolute atomic E-state index is 0.0969. The van der Waals surface area contributed by atoms with Crippen LogP contribution in [0.2, 0.25) is 0 Å². The van der Waals surface area contributed by atoms with Gasteiger partial charge in [0.05, 0.1) is 6.42 Å². The second-order valence-electron chi connectivity index (χ2n) is 10.8. The summed E-state index contributed by atoms with van der Waals surface area (Å²) in [6, 6.07) is 2.88. The van der Waals surface area contributed by atoms with E-state index in [1.165, 1.54) is 4.90 Å². The Bertz CT molecular complexity index is 956. The molecule has 0 aliphatic heterocycles. The largest absolute Gasteiger partial charge is 0.444 e. The molecule has 1 aromatic rings. The number of benzene rings is 1. The van der Waals surface area contributed by atoms with Crippen LogP contribution in [0.15, 0.2) is 18.2 Å². The van der Waals surface area contributed by atoms with Crippen LogP contribution in [-0.4, -0.2) is 52.4 Å². The molecule has 0 spiro atoms. The van der Waals surface area contributed by atoms with Crippen LogP contribution >= 0.6 is 0 Å². The van der Waals surface area contributed by atoms with Crippen molar-refractivity contribution in [2.24, 2.45) is 5.73 Å². The molecule has 4 atom stereocenters. The summed E-state index contributed by atoms with van der Waals surface area (Å²) in [6.45, 7) is 16.7. The standard InChI is InChI=1S/C28H46N4O5/c1-10-13-18(4)30-25(34)24(21-15-12-14-17(3)20(21)6)32(19(5)11-2)26(35)22(16-23(29)33)31-27(36)37-28(7,8)9/h12,14-15,18-19,22,24H,10-11,13,16H2,1-9H3,(H2,29,33)(H,30,34)(H,31,36). The third-order valence-electron chi connectivity index (χ3n) is 6.29. The lowest BCUT2D eigenvalue weighted by Crippen LogP contribution is -2.56. The van der Waals surface area contributed by atoms with E-state index in [2.05, 4.69) is 10.6 Å². The molecule has 208 valence electrons. The maximum Gasteiger partial charge on any atom is 0.408 e. The Morgan fingerprint density at radius 1 is 1.05 bits per heavy atom. The zero-order valence-corrected chi connectivity index (χ0v) is 23.9. The summed E-state index contributed by atoms with van der Waals surface area (Å²) in [6.07, 6.45) is 0.941. The molecule has 0 saturated heterocycles. The highest BCUT2D eigenvalue weighted by Crippen LogP contribution is 2.30. The van der Waals surface area contributed by atoms with E-state index in [0.717, 1.165) is 24.0 Å². The average Bonchev–Trinajstić information content (AvgIpc) is 2.76. The number of nitrogens with two attached hydrogens (primary N) is 1. The smallest absolute Gasteiger partial charge is 0.408 e. The van der Waals surface area contributed by atoms with Crippen molar-refractivity contribution in [2.45, 2.75) is 118 Å². The van der Waals surface area contributed by atoms with Gasteiger partial charge >= 0.3 is 6.09 Å². The maximum atomic E-state index is 14.1. The van der Waals surface area contributed by atoms with Crippen LogP contribution < -0.4 is 16.4 Å². The van der Waals surface area contributed by atoms with Crippen LogP contribution in [0.1, 0.15) is 96.9 Å². The number of alkyl carbamates (subject to hydrolysis) is 1. The van der Waals surface area contributed by atoms with Crippen molar-refractivity contribution in [3.8, 4) is 0 Å². The zero-order valence-electron chi connectivity index (χ0n) is 23.9. The fraction of sp³-hybridized carbons (Fsp3) is 0.643. The van der Waals surface area contributed by atoms with Crippen LogP contribution in [0.25, 0.3) is 0 Å². The summed E-state index contributed by atoms with van der Waals surface area (Å²) in [5, 5.41) is 5.57. The predicted octanol–water partition coefficient (Wildman–Crippen LogP) is 4.05. The zero-order chi connectivity index (χ0) is 28.5. The van der Waals surface area contributed by atoms with Gasteiger partial charge in [-0.2, -0.15) is 0 Å². The van der Waals surface area contributed by atoms with Crippen molar-refractivity contribution >= 4 is 23.8 Å². The van der Waals surface area contributed by atoms with Gasteiger partial charge in [-0.3, -0.25) is 14.4 Å². The van der Waals surface area contributed by atoms with Crippen LogP contribution in [0.5, 0.6) is 0 Å². The van der Waals surface area contributed by atoms with Crippen molar-refractivity contribution in [1.29, 1.82) is 0 Å². The van der Waals surface area contributed by atoms with Gasteiger partial charge in [-0.05, 0) is 78.0 Å². The van der Waals surface area contributed by atoms with Gasteiger partial charge in [0.2, 0.25) is 17.7 Å². The fourth-order valence-corrected chi connectivity index (χ4v) is 4.14. The summed E-state index contributed by atoms with van der Waals surface area (Å²) in [4.78, 5) is 53.8. The van der Waals surface area contributed by atoms with Gasteiger partial charge in [0, 0.05) is 12.1 Å². The molecule has 4 unspecified atom stereocenters. The second-order valence-corrected chi connectivity index (χ2v) is 10.8. The summed E-state index contributed by atoms with van der Waals surface area (Å²) >= 11 is 0. The van der Waals surface area contributed by atoms with Crippen LogP contribution in [0, 0.1) is 13.8 Å². The molecule has 9 heteroatoms. The number of hydrogen-bond acceptors (Lipinski definition) is 5. The summed E-state index contributed by atoms with van der Waals surface area (Å²) in [7, 11) is 0. The van der Waals surface area contributed by atoms with Crippen LogP contribution in [0.3, 0.4) is 0 Å². The highest BCUT2D eigenvalue weighted by atomic mass is 16.6. The Balaban J connectivity index is 3.64. The molecule has 0 aromatic heterocycles. The topological polar surface area (TPSA) is 131 Å². The van der Waals surface area contributed by atoms with Gasteiger partial charge in [-0.15, -0.1) is 0 Å². The number of nitrogens with one attached hydrogen (secondary N) is 2. The van der Waals surface area contributed by atoms with E-state index < -0.39 is 42.0 Å². The Kier molecular flexibility index (Phi) is 12.1. The molecule has 0 saturated carbocycles. The molecular weight excluding hydrogens is 472 g/mol. The number of nitrogens with zero attached hydrogens (tertiary/aromatic N) is 1. The second kappa shape index (κ2) is 14.0. The molecule has 1 rings (SSSR count). The minimum atomic E-state index is -1.30. The Morgan fingerprint density at radius 3 is 2.19 bits per heavy atom. The molecule has 0 radical (unpaired) electrons.